The Bertz CT molecular complexity index is 478. The van der Waals surface area contributed by atoms with E-state index in [4.69, 9.17) is 16.3 Å². The fourth-order valence-corrected chi connectivity index (χ4v) is 1.49. The van der Waals surface area contributed by atoms with Gasteiger partial charge in [-0.3, -0.25) is 4.98 Å². The van der Waals surface area contributed by atoms with Crippen LogP contribution in [0, 0.1) is 0 Å². The van der Waals surface area contributed by atoms with Crippen molar-refractivity contribution in [1.82, 2.24) is 15.2 Å². The van der Waals surface area contributed by atoms with Gasteiger partial charge in [0.2, 0.25) is 0 Å². The average molecular weight is 301 g/mol. The second-order valence-electron chi connectivity index (χ2n) is 2.97. The molecule has 0 bridgehead atoms. The molecule has 0 spiro atoms. The third-order valence-electron chi connectivity index (χ3n) is 1.75. The van der Waals surface area contributed by atoms with Crippen LogP contribution in [0.15, 0.2) is 35.1 Å². The molecule has 82 valence electrons. The van der Waals surface area contributed by atoms with Crippen LogP contribution in [-0.2, 0) is 6.61 Å². The molecular formula is C10H7BrClN3O. The highest BCUT2D eigenvalue weighted by Gasteiger charge is 1.99. The van der Waals surface area contributed by atoms with E-state index in [0.717, 1.165) is 4.47 Å². The van der Waals surface area contributed by atoms with Crippen LogP contribution in [0.2, 0.25) is 5.15 Å². The van der Waals surface area contributed by atoms with E-state index in [-0.39, 0.29) is 0 Å². The molecule has 0 saturated heterocycles. The summed E-state index contributed by atoms with van der Waals surface area (Å²) in [6.45, 7) is 0.336. The Labute approximate surface area is 106 Å². The van der Waals surface area contributed by atoms with Gasteiger partial charge in [-0.2, -0.15) is 5.10 Å². The van der Waals surface area contributed by atoms with Crippen molar-refractivity contribution >= 4 is 27.5 Å². The van der Waals surface area contributed by atoms with Gasteiger partial charge < -0.3 is 4.74 Å². The second kappa shape index (κ2) is 5.23. The fourth-order valence-electron chi connectivity index (χ4n) is 1.05. The number of rotatable bonds is 3. The topological polar surface area (TPSA) is 47.9 Å². The maximum atomic E-state index is 5.62. The summed E-state index contributed by atoms with van der Waals surface area (Å²) in [5.41, 5.74) is 0.712. The number of pyridine rings is 1. The van der Waals surface area contributed by atoms with Gasteiger partial charge in [0.1, 0.15) is 18.1 Å². The Morgan fingerprint density at radius 1 is 1.25 bits per heavy atom. The van der Waals surface area contributed by atoms with Crippen LogP contribution in [-0.4, -0.2) is 15.2 Å². The molecule has 0 fully saturated rings. The normalized spacial score (nSPS) is 10.1. The summed E-state index contributed by atoms with van der Waals surface area (Å²) in [6, 6.07) is 5.27. The molecule has 2 aromatic heterocycles. The lowest BCUT2D eigenvalue weighted by atomic mass is 10.4. The van der Waals surface area contributed by atoms with Crippen LogP contribution >= 0.6 is 27.5 Å². The molecule has 4 nitrogen and oxygen atoms in total. The van der Waals surface area contributed by atoms with E-state index in [1.165, 1.54) is 0 Å². The molecule has 0 aliphatic carbocycles. The Kier molecular flexibility index (Phi) is 3.69. The lowest BCUT2D eigenvalue weighted by Gasteiger charge is -2.04. The van der Waals surface area contributed by atoms with Crippen LogP contribution in [0.5, 0.6) is 5.75 Å². The van der Waals surface area contributed by atoms with Crippen molar-refractivity contribution < 1.29 is 4.74 Å². The van der Waals surface area contributed by atoms with Crippen molar-refractivity contribution in [3.8, 4) is 5.75 Å². The Balaban J connectivity index is 1.99. The predicted octanol–water partition coefficient (Wildman–Crippen LogP) is 2.87. The Hall–Kier alpha value is -1.20. The molecular weight excluding hydrogens is 293 g/mol. The molecule has 2 aromatic rings. The number of halogens is 2. The monoisotopic (exact) mass is 299 g/mol. The Morgan fingerprint density at radius 2 is 2.12 bits per heavy atom. The van der Waals surface area contributed by atoms with E-state index in [1.807, 2.05) is 6.07 Å². The largest absolute Gasteiger partial charge is 0.486 e. The van der Waals surface area contributed by atoms with Gasteiger partial charge in [0.25, 0.3) is 0 Å². The SMILES string of the molecule is Clc1ccc(COc2cncc(Br)c2)nn1. The third-order valence-corrected chi connectivity index (χ3v) is 2.39. The summed E-state index contributed by atoms with van der Waals surface area (Å²) in [7, 11) is 0. The van der Waals surface area contributed by atoms with Gasteiger partial charge in [-0.05, 0) is 34.1 Å². The second-order valence-corrected chi connectivity index (χ2v) is 4.28. The molecule has 0 N–H and O–H groups in total. The van der Waals surface area contributed by atoms with E-state index in [2.05, 4.69) is 31.1 Å². The van der Waals surface area contributed by atoms with Gasteiger partial charge in [0.15, 0.2) is 5.15 Å². The van der Waals surface area contributed by atoms with E-state index in [9.17, 15) is 0 Å². The standard InChI is InChI=1S/C10H7BrClN3O/c11-7-3-9(5-13-4-7)16-6-8-1-2-10(12)15-14-8/h1-5H,6H2. The van der Waals surface area contributed by atoms with Crippen molar-refractivity contribution in [3.05, 3.63) is 45.9 Å². The van der Waals surface area contributed by atoms with E-state index in [0.29, 0.717) is 23.2 Å². The highest BCUT2D eigenvalue weighted by molar-refractivity contribution is 9.10. The summed E-state index contributed by atoms with van der Waals surface area (Å²) < 4.78 is 6.34. The zero-order valence-electron chi connectivity index (χ0n) is 8.10. The molecule has 0 aromatic carbocycles. The van der Waals surface area contributed by atoms with Crippen molar-refractivity contribution in [2.75, 3.05) is 0 Å². The maximum Gasteiger partial charge on any atom is 0.151 e. The zero-order valence-corrected chi connectivity index (χ0v) is 10.4. The quantitative estimate of drug-likeness (QED) is 0.874. The summed E-state index contributed by atoms with van der Waals surface area (Å²) in [5, 5.41) is 7.96. The first-order valence-electron chi connectivity index (χ1n) is 4.45. The van der Waals surface area contributed by atoms with Crippen LogP contribution in [0.1, 0.15) is 5.69 Å². The van der Waals surface area contributed by atoms with Crippen molar-refractivity contribution in [3.63, 3.8) is 0 Å². The molecule has 0 amide bonds. The molecule has 16 heavy (non-hydrogen) atoms. The lowest BCUT2D eigenvalue weighted by molar-refractivity contribution is 0.298. The predicted molar refractivity (Wildman–Crippen MR) is 63.3 cm³/mol. The van der Waals surface area contributed by atoms with E-state index >= 15 is 0 Å². The van der Waals surface area contributed by atoms with Gasteiger partial charge in [0, 0.05) is 10.7 Å². The van der Waals surface area contributed by atoms with Crippen molar-refractivity contribution in [1.29, 1.82) is 0 Å². The molecule has 6 heteroatoms. The molecule has 0 aliphatic heterocycles. The summed E-state index contributed by atoms with van der Waals surface area (Å²) >= 11 is 8.93. The molecule has 0 unspecified atom stereocenters. The van der Waals surface area contributed by atoms with Gasteiger partial charge in [-0.15, -0.1) is 5.10 Å². The first-order chi connectivity index (χ1) is 7.74. The van der Waals surface area contributed by atoms with Gasteiger partial charge in [-0.1, -0.05) is 11.6 Å². The molecule has 0 radical (unpaired) electrons. The zero-order chi connectivity index (χ0) is 11.4. The van der Waals surface area contributed by atoms with Gasteiger partial charge >= 0.3 is 0 Å². The molecule has 0 saturated carbocycles. The van der Waals surface area contributed by atoms with Gasteiger partial charge in [-0.25, -0.2) is 0 Å². The minimum Gasteiger partial charge on any atom is -0.486 e. The Morgan fingerprint density at radius 3 is 2.81 bits per heavy atom. The van der Waals surface area contributed by atoms with Crippen LogP contribution in [0.3, 0.4) is 0 Å². The van der Waals surface area contributed by atoms with E-state index < -0.39 is 0 Å². The molecule has 0 aliphatic rings. The first kappa shape index (κ1) is 11.3. The smallest absolute Gasteiger partial charge is 0.151 e. The third kappa shape index (κ3) is 3.15. The van der Waals surface area contributed by atoms with Crippen LogP contribution in [0.25, 0.3) is 0 Å². The average Bonchev–Trinajstić information content (AvgIpc) is 2.28. The first-order valence-corrected chi connectivity index (χ1v) is 5.62. The minimum absolute atomic E-state index is 0.336. The number of ether oxygens (including phenoxy) is 1. The minimum atomic E-state index is 0.336. The van der Waals surface area contributed by atoms with Crippen LogP contribution < -0.4 is 4.74 Å². The summed E-state index contributed by atoms with van der Waals surface area (Å²) in [6.07, 6.45) is 3.32. The summed E-state index contributed by atoms with van der Waals surface area (Å²) in [5.74, 6) is 0.672. The summed E-state index contributed by atoms with van der Waals surface area (Å²) in [4.78, 5) is 3.98. The number of hydrogen-bond acceptors (Lipinski definition) is 4. The van der Waals surface area contributed by atoms with Crippen LogP contribution in [0.4, 0.5) is 0 Å². The highest BCUT2D eigenvalue weighted by Crippen LogP contribution is 2.16. The van der Waals surface area contributed by atoms with Gasteiger partial charge in [0.05, 0.1) is 6.20 Å². The number of aromatic nitrogens is 3. The van der Waals surface area contributed by atoms with Crippen molar-refractivity contribution in [2.24, 2.45) is 0 Å². The highest BCUT2D eigenvalue weighted by atomic mass is 79.9. The van der Waals surface area contributed by atoms with Crippen molar-refractivity contribution in [2.45, 2.75) is 6.61 Å². The van der Waals surface area contributed by atoms with E-state index in [1.54, 1.807) is 24.5 Å². The number of hydrogen-bond donors (Lipinski definition) is 0. The maximum absolute atomic E-state index is 5.62. The molecule has 2 heterocycles. The fraction of sp³-hybridized carbons (Fsp3) is 0.100. The molecule has 0 atom stereocenters. The number of nitrogens with zero attached hydrogens (tertiary/aromatic N) is 3. The molecule has 2 rings (SSSR count). The lowest BCUT2D eigenvalue weighted by Crippen LogP contribution is -1.99.